The zero-order chi connectivity index (χ0) is 20.4. The first-order valence-electron chi connectivity index (χ1n) is 9.90. The van der Waals surface area contributed by atoms with Gasteiger partial charge in [0.15, 0.2) is 11.2 Å². The summed E-state index contributed by atoms with van der Waals surface area (Å²) in [7, 11) is 0. The van der Waals surface area contributed by atoms with Crippen molar-refractivity contribution in [1.82, 2.24) is 0 Å². The second-order valence-corrected chi connectivity index (χ2v) is 9.20. The van der Waals surface area contributed by atoms with Crippen molar-refractivity contribution in [3.63, 3.8) is 0 Å². The van der Waals surface area contributed by atoms with E-state index in [4.69, 9.17) is 4.74 Å². The fourth-order valence-corrected chi connectivity index (χ4v) is 5.74. The number of aryl methyl sites for hydroxylation is 2. The number of rotatable bonds is 2. The third-order valence-electron chi connectivity index (χ3n) is 6.57. The maximum Gasteiger partial charge on any atom is 0.176 e. The van der Waals surface area contributed by atoms with Crippen LogP contribution in [0, 0.1) is 13.8 Å². The Bertz CT molecular complexity index is 1080. The highest BCUT2D eigenvalue weighted by atomic mass is 79.9. The van der Waals surface area contributed by atoms with Crippen molar-refractivity contribution in [1.29, 1.82) is 0 Å². The molecular formula is C25H23BrO3. The summed E-state index contributed by atoms with van der Waals surface area (Å²) in [5, 5.41) is 23.5. The molecule has 0 unspecified atom stereocenters. The van der Waals surface area contributed by atoms with Crippen molar-refractivity contribution in [2.45, 2.75) is 43.5 Å². The molecule has 2 aliphatic rings. The molecule has 4 atom stereocenters. The number of aliphatic hydroxyl groups excluding tert-OH is 1. The molecule has 0 spiro atoms. The summed E-state index contributed by atoms with van der Waals surface area (Å²) in [6.07, 6.45) is -0.525. The Morgan fingerprint density at radius 1 is 1.00 bits per heavy atom. The van der Waals surface area contributed by atoms with E-state index in [1.807, 2.05) is 80.6 Å². The standard InChI is InChI=1S/C25H23BrO3/c1-15-12-16(2)23-21(13-15)29-25(18-8-10-19(26)11-9-18)20(14-22(27)24(23,25)28)17-6-4-3-5-7-17/h3-13,20,22,27-28H,14H2,1-2H3/t20-,22+,24+,25-/m0/s1. The number of hydrogen-bond donors (Lipinski definition) is 2. The van der Waals surface area contributed by atoms with E-state index in [1.165, 1.54) is 0 Å². The lowest BCUT2D eigenvalue weighted by atomic mass is 9.70. The van der Waals surface area contributed by atoms with Crippen LogP contribution in [0.15, 0.2) is 71.2 Å². The largest absolute Gasteiger partial charge is 0.478 e. The number of benzene rings is 3. The molecule has 1 aliphatic heterocycles. The van der Waals surface area contributed by atoms with Crippen LogP contribution >= 0.6 is 15.9 Å². The lowest BCUT2D eigenvalue weighted by Gasteiger charge is -2.41. The van der Waals surface area contributed by atoms with Gasteiger partial charge in [0.25, 0.3) is 0 Å². The Labute approximate surface area is 179 Å². The quantitative estimate of drug-likeness (QED) is 0.571. The molecule has 5 rings (SSSR count). The fraction of sp³-hybridized carbons (Fsp3) is 0.280. The number of hydrogen-bond acceptors (Lipinski definition) is 3. The summed E-state index contributed by atoms with van der Waals surface area (Å²) in [5.74, 6) is 0.463. The van der Waals surface area contributed by atoms with Crippen LogP contribution in [0.2, 0.25) is 0 Å². The molecule has 0 radical (unpaired) electrons. The van der Waals surface area contributed by atoms with Gasteiger partial charge in [-0.05, 0) is 60.7 Å². The van der Waals surface area contributed by atoms with Crippen molar-refractivity contribution in [2.75, 3.05) is 0 Å². The van der Waals surface area contributed by atoms with Crippen molar-refractivity contribution in [3.05, 3.63) is 99.0 Å². The fourth-order valence-electron chi connectivity index (χ4n) is 5.48. The van der Waals surface area contributed by atoms with Gasteiger partial charge >= 0.3 is 0 Å². The van der Waals surface area contributed by atoms with Crippen LogP contribution in [-0.2, 0) is 11.2 Å². The average molecular weight is 451 g/mol. The van der Waals surface area contributed by atoms with Crippen molar-refractivity contribution in [2.24, 2.45) is 0 Å². The maximum atomic E-state index is 12.2. The predicted octanol–water partition coefficient (Wildman–Crippen LogP) is 5.09. The van der Waals surface area contributed by atoms with Crippen LogP contribution in [0.25, 0.3) is 0 Å². The van der Waals surface area contributed by atoms with Gasteiger partial charge in [-0.2, -0.15) is 0 Å². The van der Waals surface area contributed by atoms with E-state index >= 15 is 0 Å². The van der Waals surface area contributed by atoms with E-state index in [0.717, 1.165) is 26.7 Å². The first-order chi connectivity index (χ1) is 13.9. The van der Waals surface area contributed by atoms with E-state index < -0.39 is 17.3 Å². The Morgan fingerprint density at radius 2 is 1.69 bits per heavy atom. The number of aliphatic hydroxyl groups is 2. The molecule has 3 aromatic rings. The summed E-state index contributed by atoms with van der Waals surface area (Å²) < 4.78 is 7.68. The highest BCUT2D eigenvalue weighted by molar-refractivity contribution is 9.10. The highest BCUT2D eigenvalue weighted by Gasteiger charge is 2.72. The molecule has 0 bridgehead atoms. The van der Waals surface area contributed by atoms with Gasteiger partial charge in [0.2, 0.25) is 0 Å². The van der Waals surface area contributed by atoms with Gasteiger partial charge in [-0.25, -0.2) is 0 Å². The molecule has 3 nitrogen and oxygen atoms in total. The molecule has 0 aromatic heterocycles. The van der Waals surface area contributed by atoms with E-state index in [1.54, 1.807) is 0 Å². The molecule has 1 heterocycles. The summed E-state index contributed by atoms with van der Waals surface area (Å²) in [6.45, 7) is 4.00. The molecule has 1 fully saturated rings. The van der Waals surface area contributed by atoms with E-state index in [2.05, 4.69) is 15.9 Å². The zero-order valence-electron chi connectivity index (χ0n) is 16.4. The van der Waals surface area contributed by atoms with Crippen LogP contribution in [0.1, 0.15) is 40.2 Å². The number of fused-ring (bicyclic) bond motifs is 3. The second kappa shape index (κ2) is 6.43. The molecule has 1 saturated carbocycles. The van der Waals surface area contributed by atoms with Gasteiger partial charge in [0.1, 0.15) is 5.75 Å². The molecule has 29 heavy (non-hydrogen) atoms. The van der Waals surface area contributed by atoms with Crippen LogP contribution in [0.4, 0.5) is 0 Å². The minimum absolute atomic E-state index is 0.197. The third kappa shape index (κ3) is 2.43. The molecule has 4 heteroatoms. The number of halogens is 1. The van der Waals surface area contributed by atoms with Crippen LogP contribution in [0.3, 0.4) is 0 Å². The summed E-state index contributed by atoms with van der Waals surface area (Å²) in [5.41, 5.74) is 1.99. The van der Waals surface area contributed by atoms with Gasteiger partial charge in [0.05, 0.1) is 6.10 Å². The molecule has 3 aromatic carbocycles. The lowest BCUT2D eigenvalue weighted by Crippen LogP contribution is -2.52. The SMILES string of the molecule is Cc1cc(C)c2c(c1)O[C@@]1(c3ccc(Br)cc3)[C@H](c3ccccc3)C[C@@H](O)[C@@]21O. The molecular weight excluding hydrogens is 428 g/mol. The minimum atomic E-state index is -1.53. The molecule has 0 saturated heterocycles. The molecule has 2 N–H and O–H groups in total. The Morgan fingerprint density at radius 3 is 2.38 bits per heavy atom. The average Bonchev–Trinajstić information content (AvgIpc) is 3.09. The van der Waals surface area contributed by atoms with Gasteiger partial charge in [-0.3, -0.25) is 0 Å². The van der Waals surface area contributed by atoms with E-state index in [0.29, 0.717) is 17.7 Å². The smallest absolute Gasteiger partial charge is 0.176 e. The maximum absolute atomic E-state index is 12.2. The van der Waals surface area contributed by atoms with Crippen molar-refractivity contribution >= 4 is 15.9 Å². The summed E-state index contributed by atoms with van der Waals surface area (Å²) in [4.78, 5) is 0. The Kier molecular flexibility index (Phi) is 4.18. The topological polar surface area (TPSA) is 49.7 Å². The first kappa shape index (κ1) is 18.9. The van der Waals surface area contributed by atoms with E-state index in [-0.39, 0.29) is 5.92 Å². The Balaban J connectivity index is 1.83. The van der Waals surface area contributed by atoms with Gasteiger partial charge in [-0.1, -0.05) is 64.5 Å². The summed E-state index contributed by atoms with van der Waals surface area (Å²) in [6, 6.07) is 22.0. The van der Waals surface area contributed by atoms with Crippen LogP contribution in [0.5, 0.6) is 5.75 Å². The number of ether oxygens (including phenoxy) is 1. The van der Waals surface area contributed by atoms with Crippen LogP contribution < -0.4 is 4.74 Å². The first-order valence-corrected chi connectivity index (χ1v) is 10.7. The predicted molar refractivity (Wildman–Crippen MR) is 116 cm³/mol. The molecule has 0 amide bonds. The van der Waals surface area contributed by atoms with Crippen LogP contribution in [-0.4, -0.2) is 16.3 Å². The molecule has 148 valence electrons. The van der Waals surface area contributed by atoms with Gasteiger partial charge in [0, 0.05) is 16.0 Å². The monoisotopic (exact) mass is 450 g/mol. The zero-order valence-corrected chi connectivity index (χ0v) is 18.0. The van der Waals surface area contributed by atoms with E-state index in [9.17, 15) is 10.2 Å². The summed E-state index contributed by atoms with van der Waals surface area (Å²) >= 11 is 3.51. The third-order valence-corrected chi connectivity index (χ3v) is 7.10. The van der Waals surface area contributed by atoms with Crippen molar-refractivity contribution in [3.8, 4) is 5.75 Å². The molecule has 1 aliphatic carbocycles. The minimum Gasteiger partial charge on any atom is -0.478 e. The highest BCUT2D eigenvalue weighted by Crippen LogP contribution is 2.67. The lowest BCUT2D eigenvalue weighted by molar-refractivity contribution is -0.149. The van der Waals surface area contributed by atoms with Gasteiger partial charge < -0.3 is 14.9 Å². The van der Waals surface area contributed by atoms with Gasteiger partial charge in [-0.15, -0.1) is 0 Å². The van der Waals surface area contributed by atoms with Crippen molar-refractivity contribution < 1.29 is 14.9 Å². The Hall–Kier alpha value is -2.14. The second-order valence-electron chi connectivity index (χ2n) is 8.28. The normalized spacial score (nSPS) is 30.0.